The van der Waals surface area contributed by atoms with Crippen molar-refractivity contribution in [3.8, 4) is 0 Å². The van der Waals surface area contributed by atoms with Crippen molar-refractivity contribution in [3.63, 3.8) is 0 Å². The lowest BCUT2D eigenvalue weighted by atomic mass is 10.1. The summed E-state index contributed by atoms with van der Waals surface area (Å²) in [5.41, 5.74) is 2.18. The van der Waals surface area contributed by atoms with Gasteiger partial charge in [0.2, 0.25) is 0 Å². The molecule has 2 aromatic carbocycles. The summed E-state index contributed by atoms with van der Waals surface area (Å²) >= 11 is 5.82. The van der Waals surface area contributed by atoms with Gasteiger partial charge in [0, 0.05) is 17.1 Å². The number of nitrogens with zero attached hydrogens (tertiary/aromatic N) is 1. The van der Waals surface area contributed by atoms with E-state index in [1.54, 1.807) is 54.7 Å². The highest BCUT2D eigenvalue weighted by Gasteiger charge is 2.06. The molecule has 3 rings (SSSR count). The smallest absolute Gasteiger partial charge is 0.255 e. The zero-order valence-electron chi connectivity index (χ0n) is 13.9. The standard InChI is InChI=1S/C20H17ClFN3O/c21-16-5-3-15(4-6-16)20(26)25-18-9-10-19(24-13-18)23-12-11-14-1-7-17(22)8-2-14/h1-10,13H,11-12H2,(H,23,24)(H,25,26). The molecule has 0 radical (unpaired) electrons. The predicted octanol–water partition coefficient (Wildman–Crippen LogP) is 4.78. The highest BCUT2D eigenvalue weighted by Crippen LogP contribution is 2.14. The normalized spacial score (nSPS) is 10.4. The van der Waals surface area contributed by atoms with Crippen LogP contribution in [0.25, 0.3) is 0 Å². The van der Waals surface area contributed by atoms with Gasteiger partial charge in [0.05, 0.1) is 11.9 Å². The summed E-state index contributed by atoms with van der Waals surface area (Å²) < 4.78 is 12.9. The fourth-order valence-corrected chi connectivity index (χ4v) is 2.49. The van der Waals surface area contributed by atoms with Crippen molar-refractivity contribution in [3.05, 3.63) is 88.8 Å². The number of nitrogens with one attached hydrogen (secondary N) is 2. The molecule has 0 spiro atoms. The highest BCUT2D eigenvalue weighted by molar-refractivity contribution is 6.30. The number of rotatable bonds is 6. The van der Waals surface area contributed by atoms with Crippen LogP contribution in [0, 0.1) is 5.82 Å². The maximum Gasteiger partial charge on any atom is 0.255 e. The van der Waals surface area contributed by atoms with Crippen molar-refractivity contribution < 1.29 is 9.18 Å². The van der Waals surface area contributed by atoms with Crippen LogP contribution in [0.5, 0.6) is 0 Å². The summed E-state index contributed by atoms with van der Waals surface area (Å²) in [6.07, 6.45) is 2.35. The van der Waals surface area contributed by atoms with Gasteiger partial charge in [-0.2, -0.15) is 0 Å². The van der Waals surface area contributed by atoms with Gasteiger partial charge in [-0.3, -0.25) is 4.79 Å². The minimum Gasteiger partial charge on any atom is -0.370 e. The van der Waals surface area contributed by atoms with Crippen LogP contribution >= 0.6 is 11.6 Å². The Morgan fingerprint density at radius 1 is 1.00 bits per heavy atom. The van der Waals surface area contributed by atoms with Gasteiger partial charge in [0.25, 0.3) is 5.91 Å². The first-order valence-electron chi connectivity index (χ1n) is 8.11. The zero-order chi connectivity index (χ0) is 18.4. The van der Waals surface area contributed by atoms with E-state index in [1.165, 1.54) is 12.1 Å². The van der Waals surface area contributed by atoms with E-state index in [1.807, 2.05) is 0 Å². The average Bonchev–Trinajstić information content (AvgIpc) is 2.65. The van der Waals surface area contributed by atoms with E-state index in [2.05, 4.69) is 15.6 Å². The van der Waals surface area contributed by atoms with Crippen LogP contribution in [-0.4, -0.2) is 17.4 Å². The highest BCUT2D eigenvalue weighted by atomic mass is 35.5. The average molecular weight is 370 g/mol. The SMILES string of the molecule is O=C(Nc1ccc(NCCc2ccc(F)cc2)nc1)c1ccc(Cl)cc1. The largest absolute Gasteiger partial charge is 0.370 e. The van der Waals surface area contributed by atoms with Crippen LogP contribution in [0.2, 0.25) is 5.02 Å². The molecule has 0 unspecified atom stereocenters. The second-order valence-electron chi connectivity index (χ2n) is 5.70. The van der Waals surface area contributed by atoms with E-state index in [0.717, 1.165) is 12.0 Å². The Bertz CT molecular complexity index is 865. The first-order chi connectivity index (χ1) is 12.6. The van der Waals surface area contributed by atoms with Crippen LogP contribution in [0.1, 0.15) is 15.9 Å². The van der Waals surface area contributed by atoms with E-state index < -0.39 is 0 Å². The lowest BCUT2D eigenvalue weighted by Gasteiger charge is -2.08. The quantitative estimate of drug-likeness (QED) is 0.657. The third-order valence-electron chi connectivity index (χ3n) is 3.76. The Balaban J connectivity index is 1.50. The summed E-state index contributed by atoms with van der Waals surface area (Å²) in [6, 6.07) is 16.7. The molecule has 1 aromatic heterocycles. The third-order valence-corrected chi connectivity index (χ3v) is 4.01. The lowest BCUT2D eigenvalue weighted by molar-refractivity contribution is 0.102. The van der Waals surface area contributed by atoms with Crippen molar-refractivity contribution in [2.24, 2.45) is 0 Å². The molecule has 0 aliphatic rings. The summed E-state index contributed by atoms with van der Waals surface area (Å²) in [5, 5.41) is 6.56. The molecule has 6 heteroatoms. The Morgan fingerprint density at radius 2 is 1.73 bits per heavy atom. The van der Waals surface area contributed by atoms with Crippen molar-refractivity contribution in [2.75, 3.05) is 17.2 Å². The molecule has 2 N–H and O–H groups in total. The van der Waals surface area contributed by atoms with Gasteiger partial charge in [0.15, 0.2) is 0 Å². The van der Waals surface area contributed by atoms with Crippen molar-refractivity contribution in [1.29, 1.82) is 0 Å². The molecule has 0 atom stereocenters. The molecule has 0 fully saturated rings. The number of benzene rings is 2. The van der Waals surface area contributed by atoms with Crippen LogP contribution in [0.3, 0.4) is 0 Å². The third kappa shape index (κ3) is 5.04. The second kappa shape index (κ2) is 8.45. The molecule has 132 valence electrons. The Kier molecular flexibility index (Phi) is 5.81. The van der Waals surface area contributed by atoms with Crippen LogP contribution in [-0.2, 0) is 6.42 Å². The summed E-state index contributed by atoms with van der Waals surface area (Å²) in [6.45, 7) is 0.676. The number of anilines is 2. The maximum atomic E-state index is 12.9. The lowest BCUT2D eigenvalue weighted by Crippen LogP contribution is -2.12. The summed E-state index contributed by atoms with van der Waals surface area (Å²) in [7, 11) is 0. The number of halogens is 2. The van der Waals surface area contributed by atoms with E-state index in [-0.39, 0.29) is 11.7 Å². The van der Waals surface area contributed by atoms with Crippen LogP contribution in [0.4, 0.5) is 15.9 Å². The first-order valence-corrected chi connectivity index (χ1v) is 8.49. The summed E-state index contributed by atoms with van der Waals surface area (Å²) in [4.78, 5) is 16.4. The number of hydrogen-bond donors (Lipinski definition) is 2. The van der Waals surface area contributed by atoms with Crippen molar-refractivity contribution in [2.45, 2.75) is 6.42 Å². The van der Waals surface area contributed by atoms with Crippen molar-refractivity contribution >= 4 is 29.0 Å². The molecule has 0 bridgehead atoms. The number of hydrogen-bond acceptors (Lipinski definition) is 3. The van der Waals surface area contributed by atoms with E-state index >= 15 is 0 Å². The van der Waals surface area contributed by atoms with E-state index in [0.29, 0.717) is 28.6 Å². The zero-order valence-corrected chi connectivity index (χ0v) is 14.6. The number of carbonyl (C=O) groups is 1. The molecule has 3 aromatic rings. The van der Waals surface area contributed by atoms with E-state index in [4.69, 9.17) is 11.6 Å². The first kappa shape index (κ1) is 17.9. The minimum atomic E-state index is -0.236. The molecule has 26 heavy (non-hydrogen) atoms. The monoisotopic (exact) mass is 369 g/mol. The second-order valence-corrected chi connectivity index (χ2v) is 6.13. The molecule has 0 saturated carbocycles. The fourth-order valence-electron chi connectivity index (χ4n) is 2.36. The van der Waals surface area contributed by atoms with Gasteiger partial charge in [-0.05, 0) is 60.5 Å². The van der Waals surface area contributed by atoms with Crippen molar-refractivity contribution in [1.82, 2.24) is 4.98 Å². The Hall–Kier alpha value is -2.92. The summed E-state index contributed by atoms with van der Waals surface area (Å²) in [5.74, 6) is 0.247. The molecule has 0 saturated heterocycles. The van der Waals surface area contributed by atoms with Gasteiger partial charge < -0.3 is 10.6 Å². The van der Waals surface area contributed by atoms with Gasteiger partial charge in [0.1, 0.15) is 11.6 Å². The van der Waals surface area contributed by atoms with Gasteiger partial charge >= 0.3 is 0 Å². The number of aromatic nitrogens is 1. The van der Waals surface area contributed by atoms with E-state index in [9.17, 15) is 9.18 Å². The molecule has 1 amide bonds. The predicted molar refractivity (Wildman–Crippen MR) is 102 cm³/mol. The maximum absolute atomic E-state index is 12.9. The topological polar surface area (TPSA) is 54.0 Å². The molecule has 0 aliphatic carbocycles. The molecular weight excluding hydrogens is 353 g/mol. The number of amides is 1. The molecule has 1 heterocycles. The Morgan fingerprint density at radius 3 is 2.38 bits per heavy atom. The minimum absolute atomic E-state index is 0.222. The van der Waals surface area contributed by atoms with Gasteiger partial charge in [-0.1, -0.05) is 23.7 Å². The Labute approximate surface area is 156 Å². The van der Waals surface area contributed by atoms with Gasteiger partial charge in [-0.25, -0.2) is 9.37 Å². The van der Waals surface area contributed by atoms with Crippen LogP contribution in [0.15, 0.2) is 66.9 Å². The fraction of sp³-hybridized carbons (Fsp3) is 0.100. The molecular formula is C20H17ClFN3O. The number of pyridine rings is 1. The number of carbonyl (C=O) groups excluding carboxylic acids is 1. The van der Waals surface area contributed by atoms with Crippen LogP contribution < -0.4 is 10.6 Å². The van der Waals surface area contributed by atoms with Gasteiger partial charge in [-0.15, -0.1) is 0 Å². The molecule has 4 nitrogen and oxygen atoms in total. The molecule has 0 aliphatic heterocycles.